The number of hydrogen-bond donors (Lipinski definition) is 1. The minimum absolute atomic E-state index is 0.153. The van der Waals surface area contributed by atoms with Gasteiger partial charge in [-0.1, -0.05) is 6.07 Å². The summed E-state index contributed by atoms with van der Waals surface area (Å²) in [6.07, 6.45) is 0. The second-order valence-electron chi connectivity index (χ2n) is 3.99. The number of rotatable bonds is 3. The zero-order chi connectivity index (χ0) is 14.9. The number of nitrogens with zero attached hydrogens (tertiary/aromatic N) is 3. The first-order chi connectivity index (χ1) is 9.40. The fraction of sp³-hybridized carbons (Fsp3) is 0.0833. The number of aryl methyl sites for hydroxylation is 1. The summed E-state index contributed by atoms with van der Waals surface area (Å²) in [6.45, 7) is 1.55. The van der Waals surface area contributed by atoms with Crippen molar-refractivity contribution < 1.29 is 14.8 Å². The average Bonchev–Trinajstić information content (AvgIpc) is 2.38. The van der Waals surface area contributed by atoms with E-state index in [0.29, 0.717) is 11.4 Å². The van der Waals surface area contributed by atoms with Crippen molar-refractivity contribution in [3.8, 4) is 5.69 Å². The molecule has 1 heterocycles. The zero-order valence-electron chi connectivity index (χ0n) is 10.3. The number of nitro benzene ring substituents is 1. The molecule has 102 valence electrons. The lowest BCUT2D eigenvalue weighted by molar-refractivity contribution is -0.384. The molecule has 8 nitrogen and oxygen atoms in total. The van der Waals surface area contributed by atoms with Gasteiger partial charge in [-0.3, -0.25) is 14.9 Å². The zero-order valence-corrected chi connectivity index (χ0v) is 10.3. The van der Waals surface area contributed by atoms with Crippen LogP contribution in [0, 0.1) is 17.0 Å². The average molecular weight is 275 g/mol. The maximum absolute atomic E-state index is 11.5. The van der Waals surface area contributed by atoms with Gasteiger partial charge in [0.2, 0.25) is 11.1 Å². The van der Waals surface area contributed by atoms with Crippen LogP contribution in [0.15, 0.2) is 35.1 Å². The molecule has 1 N–H and O–H groups in total. The number of non-ortho nitro benzene ring substituents is 1. The summed E-state index contributed by atoms with van der Waals surface area (Å²) in [4.78, 5) is 32.5. The van der Waals surface area contributed by atoms with Gasteiger partial charge in [0.25, 0.3) is 5.69 Å². The van der Waals surface area contributed by atoms with Crippen LogP contribution in [0.1, 0.15) is 16.2 Å². The van der Waals surface area contributed by atoms with Crippen molar-refractivity contribution in [2.45, 2.75) is 6.92 Å². The molecule has 0 saturated heterocycles. The molecule has 2 rings (SSSR count). The first kappa shape index (κ1) is 13.4. The van der Waals surface area contributed by atoms with Gasteiger partial charge in [0, 0.05) is 23.9 Å². The second kappa shape index (κ2) is 4.92. The van der Waals surface area contributed by atoms with Crippen molar-refractivity contribution in [3.63, 3.8) is 0 Å². The van der Waals surface area contributed by atoms with E-state index >= 15 is 0 Å². The molecule has 0 bridgehead atoms. The normalized spacial score (nSPS) is 10.2. The molecule has 0 spiro atoms. The summed E-state index contributed by atoms with van der Waals surface area (Å²) < 4.78 is 1.18. The van der Waals surface area contributed by atoms with E-state index in [1.165, 1.54) is 28.9 Å². The summed E-state index contributed by atoms with van der Waals surface area (Å²) in [5.41, 5.74) is -0.822. The Morgan fingerprint density at radius 1 is 1.40 bits per heavy atom. The van der Waals surface area contributed by atoms with E-state index in [1.807, 2.05) is 0 Å². The van der Waals surface area contributed by atoms with E-state index in [9.17, 15) is 19.7 Å². The highest BCUT2D eigenvalue weighted by atomic mass is 16.6. The SMILES string of the molecule is Cc1cc(=O)c(C(=O)O)nn1-c1cccc([N+](=O)[O-])c1. The second-order valence-corrected chi connectivity index (χ2v) is 3.99. The van der Waals surface area contributed by atoms with E-state index in [4.69, 9.17) is 5.11 Å². The van der Waals surface area contributed by atoms with Gasteiger partial charge < -0.3 is 5.11 Å². The molecule has 0 fully saturated rings. The molecular weight excluding hydrogens is 266 g/mol. The fourth-order valence-electron chi connectivity index (χ4n) is 1.70. The third-order valence-corrected chi connectivity index (χ3v) is 2.60. The van der Waals surface area contributed by atoms with Crippen LogP contribution in [0.3, 0.4) is 0 Å². The molecular formula is C12H9N3O5. The topological polar surface area (TPSA) is 115 Å². The van der Waals surface area contributed by atoms with Crippen molar-refractivity contribution in [3.05, 3.63) is 62.1 Å². The van der Waals surface area contributed by atoms with Gasteiger partial charge in [-0.05, 0) is 13.0 Å². The van der Waals surface area contributed by atoms with Crippen molar-refractivity contribution >= 4 is 11.7 Å². The maximum atomic E-state index is 11.5. The lowest BCUT2D eigenvalue weighted by Gasteiger charge is -2.09. The van der Waals surface area contributed by atoms with Crippen LogP contribution in [0.2, 0.25) is 0 Å². The first-order valence-corrected chi connectivity index (χ1v) is 5.49. The summed E-state index contributed by atoms with van der Waals surface area (Å²) in [7, 11) is 0. The van der Waals surface area contributed by atoms with Crippen LogP contribution < -0.4 is 5.43 Å². The van der Waals surface area contributed by atoms with Crippen LogP contribution in [-0.4, -0.2) is 25.8 Å². The largest absolute Gasteiger partial charge is 0.476 e. The van der Waals surface area contributed by atoms with E-state index < -0.39 is 22.0 Å². The Morgan fingerprint density at radius 3 is 2.70 bits per heavy atom. The Labute approximate surface area is 112 Å². The lowest BCUT2D eigenvalue weighted by atomic mass is 10.2. The van der Waals surface area contributed by atoms with Gasteiger partial charge in [-0.15, -0.1) is 0 Å². The minimum Gasteiger partial charge on any atom is -0.476 e. The molecule has 1 aromatic heterocycles. The van der Waals surface area contributed by atoms with Gasteiger partial charge in [0.05, 0.1) is 10.6 Å². The highest BCUT2D eigenvalue weighted by Gasteiger charge is 2.15. The predicted octanol–water partition coefficient (Wildman–Crippen LogP) is 1.15. The molecule has 1 aromatic carbocycles. The van der Waals surface area contributed by atoms with Crippen LogP contribution in [0.25, 0.3) is 5.69 Å². The molecule has 0 unspecified atom stereocenters. The van der Waals surface area contributed by atoms with Gasteiger partial charge in [-0.2, -0.15) is 5.10 Å². The van der Waals surface area contributed by atoms with Gasteiger partial charge >= 0.3 is 5.97 Å². The quantitative estimate of drug-likeness (QED) is 0.663. The Balaban J connectivity index is 2.66. The van der Waals surface area contributed by atoms with Crippen molar-refractivity contribution in [1.29, 1.82) is 0 Å². The van der Waals surface area contributed by atoms with Gasteiger partial charge in [-0.25, -0.2) is 9.48 Å². The fourth-order valence-corrected chi connectivity index (χ4v) is 1.70. The highest BCUT2D eigenvalue weighted by Crippen LogP contribution is 2.16. The summed E-state index contributed by atoms with van der Waals surface area (Å²) >= 11 is 0. The van der Waals surface area contributed by atoms with E-state index in [0.717, 1.165) is 6.07 Å². The third kappa shape index (κ3) is 2.39. The molecule has 0 saturated carbocycles. The lowest BCUT2D eigenvalue weighted by Crippen LogP contribution is -2.22. The predicted molar refractivity (Wildman–Crippen MR) is 68.2 cm³/mol. The van der Waals surface area contributed by atoms with Crippen LogP contribution >= 0.6 is 0 Å². The Hall–Kier alpha value is -3.03. The van der Waals surface area contributed by atoms with E-state index in [1.54, 1.807) is 6.92 Å². The minimum atomic E-state index is -1.45. The van der Waals surface area contributed by atoms with Crippen molar-refractivity contribution in [2.24, 2.45) is 0 Å². The summed E-state index contributed by atoms with van der Waals surface area (Å²) in [6, 6.07) is 6.65. The first-order valence-electron chi connectivity index (χ1n) is 5.49. The number of carbonyl (C=O) groups is 1. The number of carboxylic acid groups (broad SMARTS) is 1. The molecule has 0 radical (unpaired) electrons. The van der Waals surface area contributed by atoms with Gasteiger partial charge in [0.15, 0.2) is 0 Å². The van der Waals surface area contributed by atoms with Gasteiger partial charge in [0.1, 0.15) is 0 Å². The van der Waals surface area contributed by atoms with Crippen LogP contribution in [0.5, 0.6) is 0 Å². The maximum Gasteiger partial charge on any atom is 0.360 e. The number of aromatic carboxylic acids is 1. The van der Waals surface area contributed by atoms with Crippen LogP contribution in [-0.2, 0) is 0 Å². The highest BCUT2D eigenvalue weighted by molar-refractivity contribution is 5.84. The monoisotopic (exact) mass is 275 g/mol. The standard InChI is InChI=1S/C12H9N3O5/c1-7-5-10(16)11(12(17)18)13-14(7)8-3-2-4-9(6-8)15(19)20/h2-6H,1H3,(H,17,18). The third-order valence-electron chi connectivity index (χ3n) is 2.60. The Morgan fingerprint density at radius 2 is 2.10 bits per heavy atom. The Bertz CT molecular complexity index is 766. The van der Waals surface area contributed by atoms with Crippen LogP contribution in [0.4, 0.5) is 5.69 Å². The number of hydrogen-bond acceptors (Lipinski definition) is 5. The molecule has 8 heteroatoms. The molecule has 0 aliphatic rings. The smallest absolute Gasteiger partial charge is 0.360 e. The molecule has 2 aromatic rings. The van der Waals surface area contributed by atoms with E-state index in [-0.39, 0.29) is 5.69 Å². The van der Waals surface area contributed by atoms with Crippen molar-refractivity contribution in [2.75, 3.05) is 0 Å². The number of aromatic nitrogens is 2. The number of carboxylic acids is 1. The Kier molecular flexibility index (Phi) is 3.30. The molecule has 0 atom stereocenters. The summed E-state index contributed by atoms with van der Waals surface area (Å²) in [5, 5.41) is 23.3. The molecule has 20 heavy (non-hydrogen) atoms. The molecule has 0 amide bonds. The molecule has 0 aliphatic carbocycles. The molecule has 0 aliphatic heterocycles. The summed E-state index contributed by atoms with van der Waals surface area (Å²) in [5.74, 6) is -1.45. The van der Waals surface area contributed by atoms with Crippen molar-refractivity contribution in [1.82, 2.24) is 9.78 Å². The number of benzene rings is 1. The number of nitro groups is 1. The van der Waals surface area contributed by atoms with E-state index in [2.05, 4.69) is 5.10 Å².